The molecule has 1 aromatic carbocycles. The van der Waals surface area contributed by atoms with Gasteiger partial charge < -0.3 is 16.2 Å². The van der Waals surface area contributed by atoms with Gasteiger partial charge in [-0.2, -0.15) is 5.10 Å². The zero-order valence-electron chi connectivity index (χ0n) is 9.37. The summed E-state index contributed by atoms with van der Waals surface area (Å²) in [6.07, 6.45) is 0.491. The van der Waals surface area contributed by atoms with Crippen LogP contribution in [-0.2, 0) is 0 Å². The number of benzene rings is 1. The van der Waals surface area contributed by atoms with Crippen LogP contribution in [0.15, 0.2) is 28.4 Å². The van der Waals surface area contributed by atoms with Gasteiger partial charge in [-0.1, -0.05) is 0 Å². The van der Waals surface area contributed by atoms with Gasteiger partial charge >= 0.3 is 0 Å². The molecule has 1 aliphatic heterocycles. The highest BCUT2D eigenvalue weighted by atomic mass is 16.6. The lowest BCUT2D eigenvalue weighted by Gasteiger charge is -2.17. The van der Waals surface area contributed by atoms with Crippen molar-refractivity contribution in [3.05, 3.63) is 33.9 Å². The van der Waals surface area contributed by atoms with Crippen LogP contribution in [0.2, 0.25) is 0 Å². The lowest BCUT2D eigenvalue weighted by atomic mass is 10.0. The molecule has 0 unspecified atom stereocenters. The molecule has 0 amide bonds. The number of non-ortho nitro benzene ring substituents is 1. The van der Waals surface area contributed by atoms with Crippen LogP contribution >= 0.6 is 0 Å². The van der Waals surface area contributed by atoms with E-state index in [-0.39, 0.29) is 11.6 Å². The van der Waals surface area contributed by atoms with E-state index >= 15 is 0 Å². The predicted octanol–water partition coefficient (Wildman–Crippen LogP) is 0.355. The van der Waals surface area contributed by atoms with Crippen molar-refractivity contribution in [1.82, 2.24) is 0 Å². The molecule has 0 atom stereocenters. The number of rotatable bonds is 2. The Labute approximate surface area is 102 Å². The molecule has 1 heterocycles. The summed E-state index contributed by atoms with van der Waals surface area (Å²) in [7, 11) is 0. The van der Waals surface area contributed by atoms with Crippen molar-refractivity contribution in [2.24, 2.45) is 21.7 Å². The smallest absolute Gasteiger partial charge is 0.270 e. The van der Waals surface area contributed by atoms with Crippen LogP contribution in [0.1, 0.15) is 12.0 Å². The zero-order chi connectivity index (χ0) is 13.1. The quantitative estimate of drug-likeness (QED) is 0.338. The molecule has 94 valence electrons. The number of nitrogens with zero attached hydrogens (tertiary/aromatic N) is 3. The summed E-state index contributed by atoms with van der Waals surface area (Å²) in [5.41, 5.74) is 11.5. The Bertz CT molecular complexity index is 548. The third kappa shape index (κ3) is 2.37. The molecule has 0 fully saturated rings. The van der Waals surface area contributed by atoms with Gasteiger partial charge in [-0.3, -0.25) is 10.1 Å². The highest BCUT2D eigenvalue weighted by molar-refractivity contribution is 6.04. The molecular weight excluding hydrogens is 238 g/mol. The molecule has 0 radical (unpaired) electrons. The lowest BCUT2D eigenvalue weighted by molar-refractivity contribution is -0.384. The molecule has 0 bridgehead atoms. The van der Waals surface area contributed by atoms with Crippen molar-refractivity contribution in [3.63, 3.8) is 0 Å². The van der Waals surface area contributed by atoms with E-state index in [9.17, 15) is 10.1 Å². The number of hydrogen-bond donors (Lipinski definition) is 2. The summed E-state index contributed by atoms with van der Waals surface area (Å²) in [4.78, 5) is 10.2. The summed E-state index contributed by atoms with van der Waals surface area (Å²) in [6, 6.07) is 4.32. The molecule has 4 N–H and O–H groups in total. The topological polar surface area (TPSA) is 129 Å². The maximum atomic E-state index is 10.7. The molecule has 0 saturated carbocycles. The van der Waals surface area contributed by atoms with E-state index in [0.717, 1.165) is 0 Å². The van der Waals surface area contributed by atoms with Gasteiger partial charge in [-0.25, -0.2) is 0 Å². The summed E-state index contributed by atoms with van der Waals surface area (Å²) < 4.78 is 5.38. The molecule has 1 aliphatic rings. The van der Waals surface area contributed by atoms with Gasteiger partial charge in [0.2, 0.25) is 5.96 Å². The van der Waals surface area contributed by atoms with Gasteiger partial charge in [0.25, 0.3) is 5.69 Å². The molecule has 0 saturated heterocycles. The number of hydrogen-bond acceptors (Lipinski definition) is 5. The third-order valence-corrected chi connectivity index (χ3v) is 2.37. The van der Waals surface area contributed by atoms with Gasteiger partial charge in [0.1, 0.15) is 5.75 Å². The average Bonchev–Trinajstić information content (AvgIpc) is 2.35. The second kappa shape index (κ2) is 4.70. The van der Waals surface area contributed by atoms with Crippen LogP contribution in [-0.4, -0.2) is 23.2 Å². The summed E-state index contributed by atoms with van der Waals surface area (Å²) in [5.74, 6) is 0.373. The van der Waals surface area contributed by atoms with E-state index in [4.69, 9.17) is 16.2 Å². The predicted molar refractivity (Wildman–Crippen MR) is 65.6 cm³/mol. The first-order valence-corrected chi connectivity index (χ1v) is 5.15. The minimum Gasteiger partial charge on any atom is -0.492 e. The number of nitro groups is 1. The van der Waals surface area contributed by atoms with Crippen LogP contribution in [0.3, 0.4) is 0 Å². The summed E-state index contributed by atoms with van der Waals surface area (Å²) >= 11 is 0. The third-order valence-electron chi connectivity index (χ3n) is 2.37. The second-order valence-electron chi connectivity index (χ2n) is 3.61. The Morgan fingerprint density at radius 3 is 2.89 bits per heavy atom. The van der Waals surface area contributed by atoms with Crippen molar-refractivity contribution >= 4 is 17.4 Å². The van der Waals surface area contributed by atoms with E-state index < -0.39 is 4.92 Å². The second-order valence-corrected chi connectivity index (χ2v) is 3.61. The molecule has 0 aromatic heterocycles. The molecule has 18 heavy (non-hydrogen) atoms. The van der Waals surface area contributed by atoms with Crippen LogP contribution in [0, 0.1) is 10.1 Å². The fraction of sp³-hybridized carbons (Fsp3) is 0.200. The number of fused-ring (bicyclic) bond motifs is 1. The van der Waals surface area contributed by atoms with Crippen molar-refractivity contribution in [2.75, 3.05) is 6.61 Å². The van der Waals surface area contributed by atoms with E-state index in [0.29, 0.717) is 30.1 Å². The van der Waals surface area contributed by atoms with Crippen molar-refractivity contribution in [2.45, 2.75) is 6.42 Å². The SMILES string of the molecule is NC(N)=N/N=C1\CCOc2ccc([N+](=O)[O-])cc21. The van der Waals surface area contributed by atoms with E-state index in [1.807, 2.05) is 0 Å². The average molecular weight is 249 g/mol. The van der Waals surface area contributed by atoms with Crippen molar-refractivity contribution in [1.29, 1.82) is 0 Å². The van der Waals surface area contributed by atoms with Gasteiger partial charge in [0.05, 0.1) is 17.2 Å². The molecule has 2 rings (SSSR count). The number of ether oxygens (including phenoxy) is 1. The summed E-state index contributed by atoms with van der Waals surface area (Å²) in [6.45, 7) is 0.434. The monoisotopic (exact) mass is 249 g/mol. The maximum absolute atomic E-state index is 10.7. The Kier molecular flexibility index (Phi) is 3.09. The Hall–Kier alpha value is -2.64. The standard InChI is InChI=1S/C10H11N5O3/c11-10(12)14-13-8-3-4-18-9-2-1-6(15(16)17)5-7(8)9/h1-2,5H,3-4H2,(H4,11,12,14)/b13-8+. The van der Waals surface area contributed by atoms with E-state index in [1.54, 1.807) is 0 Å². The van der Waals surface area contributed by atoms with Gasteiger partial charge in [0.15, 0.2) is 0 Å². The summed E-state index contributed by atoms with van der Waals surface area (Å²) in [5, 5.41) is 18.1. The fourth-order valence-corrected chi connectivity index (χ4v) is 1.60. The van der Waals surface area contributed by atoms with Crippen LogP contribution in [0.25, 0.3) is 0 Å². The minimum absolute atomic E-state index is 0.0309. The number of nitrogens with two attached hydrogens (primary N) is 2. The first-order valence-electron chi connectivity index (χ1n) is 5.15. The Morgan fingerprint density at radius 2 is 2.22 bits per heavy atom. The van der Waals surface area contributed by atoms with Crippen molar-refractivity contribution in [3.8, 4) is 5.75 Å². The first kappa shape index (κ1) is 11.8. The first-order chi connectivity index (χ1) is 8.58. The van der Waals surface area contributed by atoms with E-state index in [1.165, 1.54) is 18.2 Å². The number of guanidine groups is 1. The zero-order valence-corrected chi connectivity index (χ0v) is 9.37. The largest absolute Gasteiger partial charge is 0.492 e. The van der Waals surface area contributed by atoms with Crippen LogP contribution in [0.4, 0.5) is 5.69 Å². The highest BCUT2D eigenvalue weighted by Crippen LogP contribution is 2.28. The fourth-order valence-electron chi connectivity index (χ4n) is 1.60. The normalized spacial score (nSPS) is 15.7. The van der Waals surface area contributed by atoms with Gasteiger partial charge in [-0.15, -0.1) is 5.10 Å². The molecular formula is C10H11N5O3. The Balaban J connectivity index is 2.47. The molecule has 8 heteroatoms. The van der Waals surface area contributed by atoms with E-state index in [2.05, 4.69) is 10.2 Å². The Morgan fingerprint density at radius 1 is 1.44 bits per heavy atom. The number of nitro benzene ring substituents is 1. The van der Waals surface area contributed by atoms with Crippen LogP contribution in [0.5, 0.6) is 5.75 Å². The molecule has 0 aliphatic carbocycles. The molecule has 8 nitrogen and oxygen atoms in total. The van der Waals surface area contributed by atoms with Gasteiger partial charge in [-0.05, 0) is 6.07 Å². The van der Waals surface area contributed by atoms with Crippen molar-refractivity contribution < 1.29 is 9.66 Å². The lowest BCUT2D eigenvalue weighted by Crippen LogP contribution is -2.22. The minimum atomic E-state index is -0.479. The van der Waals surface area contributed by atoms with Gasteiger partial charge in [0, 0.05) is 24.1 Å². The molecule has 1 aromatic rings. The van der Waals surface area contributed by atoms with Crippen LogP contribution < -0.4 is 16.2 Å². The molecule has 0 spiro atoms. The highest BCUT2D eigenvalue weighted by Gasteiger charge is 2.20. The maximum Gasteiger partial charge on any atom is 0.270 e.